The molecule has 0 bridgehead atoms. The van der Waals surface area contributed by atoms with Crippen LogP contribution >= 0.6 is 11.8 Å². The number of carbonyl (C=O) groups excluding carboxylic acids is 3. The van der Waals surface area contributed by atoms with Crippen molar-refractivity contribution in [1.29, 1.82) is 0 Å². The summed E-state index contributed by atoms with van der Waals surface area (Å²) in [5.41, 5.74) is 6.82. The van der Waals surface area contributed by atoms with Gasteiger partial charge in [0.2, 0.25) is 17.7 Å². The number of thioether (sulfide) groups is 1. The van der Waals surface area contributed by atoms with Gasteiger partial charge in [0.1, 0.15) is 12.1 Å². The van der Waals surface area contributed by atoms with Crippen molar-refractivity contribution in [2.24, 2.45) is 11.7 Å². The van der Waals surface area contributed by atoms with Gasteiger partial charge in [0.25, 0.3) is 0 Å². The minimum Gasteiger partial charge on any atom is -0.480 e. The van der Waals surface area contributed by atoms with Crippen LogP contribution in [0.3, 0.4) is 0 Å². The lowest BCUT2D eigenvalue weighted by Gasteiger charge is -2.25. The van der Waals surface area contributed by atoms with E-state index in [1.54, 1.807) is 6.92 Å². The molecule has 0 aliphatic rings. The van der Waals surface area contributed by atoms with Crippen LogP contribution in [0.2, 0.25) is 0 Å². The molecule has 0 saturated carbocycles. The maximum atomic E-state index is 12.7. The van der Waals surface area contributed by atoms with Crippen molar-refractivity contribution in [3.05, 3.63) is 35.9 Å². The van der Waals surface area contributed by atoms with Crippen LogP contribution in [0.25, 0.3) is 0 Å². The minimum absolute atomic E-state index is 0.231. The van der Waals surface area contributed by atoms with Gasteiger partial charge in [-0.3, -0.25) is 14.4 Å². The highest BCUT2D eigenvalue weighted by Crippen LogP contribution is 2.10. The minimum atomic E-state index is -1.12. The van der Waals surface area contributed by atoms with Crippen LogP contribution in [-0.4, -0.2) is 65.5 Å². The molecule has 0 spiro atoms. The fourth-order valence-corrected chi connectivity index (χ4v) is 3.41. The summed E-state index contributed by atoms with van der Waals surface area (Å²) in [6.07, 6.45) is 3.05. The third-order valence-electron chi connectivity index (χ3n) is 5.10. The highest BCUT2D eigenvalue weighted by atomic mass is 32.2. The van der Waals surface area contributed by atoms with Crippen LogP contribution in [0, 0.1) is 5.92 Å². The molecule has 4 atom stereocenters. The fourth-order valence-electron chi connectivity index (χ4n) is 2.94. The molecule has 6 N–H and O–H groups in total. The van der Waals surface area contributed by atoms with Crippen molar-refractivity contribution in [2.75, 3.05) is 18.6 Å². The summed E-state index contributed by atoms with van der Waals surface area (Å²) >= 11 is 1.48. The highest BCUT2D eigenvalue weighted by molar-refractivity contribution is 7.98. The van der Waals surface area contributed by atoms with Crippen molar-refractivity contribution in [3.63, 3.8) is 0 Å². The molecule has 32 heavy (non-hydrogen) atoms. The predicted octanol–water partition coefficient (Wildman–Crippen LogP) is 0.526. The molecule has 3 amide bonds. The van der Waals surface area contributed by atoms with Gasteiger partial charge in [-0.25, -0.2) is 4.79 Å². The van der Waals surface area contributed by atoms with Crippen molar-refractivity contribution in [2.45, 2.75) is 51.2 Å². The maximum absolute atomic E-state index is 12.7. The van der Waals surface area contributed by atoms with Gasteiger partial charge >= 0.3 is 5.97 Å². The molecule has 1 aromatic carbocycles. The maximum Gasteiger partial charge on any atom is 0.326 e. The molecule has 9 nitrogen and oxygen atoms in total. The van der Waals surface area contributed by atoms with E-state index in [-0.39, 0.29) is 18.9 Å². The summed E-state index contributed by atoms with van der Waals surface area (Å²) in [6, 6.07) is 6.52. The number of carboxylic acid groups (broad SMARTS) is 1. The lowest BCUT2D eigenvalue weighted by Crippen LogP contribution is -2.56. The van der Waals surface area contributed by atoms with E-state index in [1.807, 2.05) is 43.5 Å². The van der Waals surface area contributed by atoms with Gasteiger partial charge in [-0.2, -0.15) is 11.8 Å². The van der Waals surface area contributed by atoms with Gasteiger partial charge in [-0.15, -0.1) is 0 Å². The van der Waals surface area contributed by atoms with Gasteiger partial charge in [-0.05, 0) is 36.3 Å². The van der Waals surface area contributed by atoms with Gasteiger partial charge in [0.15, 0.2) is 0 Å². The molecular weight excluding hydrogens is 432 g/mol. The Morgan fingerprint density at radius 1 is 1.09 bits per heavy atom. The van der Waals surface area contributed by atoms with E-state index in [0.717, 1.165) is 5.56 Å². The number of hydrogen-bond donors (Lipinski definition) is 5. The van der Waals surface area contributed by atoms with Crippen LogP contribution in [0.5, 0.6) is 0 Å². The average Bonchev–Trinajstić information content (AvgIpc) is 2.78. The van der Waals surface area contributed by atoms with Gasteiger partial charge < -0.3 is 26.8 Å². The third kappa shape index (κ3) is 9.69. The Hall–Kier alpha value is -2.59. The Bertz CT molecular complexity index is 762. The van der Waals surface area contributed by atoms with Crippen LogP contribution in [0.1, 0.15) is 32.3 Å². The van der Waals surface area contributed by atoms with Crippen LogP contribution in [0.15, 0.2) is 30.3 Å². The fraction of sp³-hybridized carbons (Fsp3) is 0.545. The van der Waals surface area contributed by atoms with Crippen molar-refractivity contribution in [1.82, 2.24) is 16.0 Å². The first-order chi connectivity index (χ1) is 15.2. The Balaban J connectivity index is 2.64. The zero-order valence-electron chi connectivity index (χ0n) is 18.8. The Kier molecular flexibility index (Phi) is 12.4. The molecule has 10 heteroatoms. The van der Waals surface area contributed by atoms with E-state index in [4.69, 9.17) is 5.73 Å². The van der Waals surface area contributed by atoms with E-state index in [0.29, 0.717) is 18.6 Å². The molecule has 0 saturated heterocycles. The molecule has 0 radical (unpaired) electrons. The molecule has 178 valence electrons. The molecule has 0 heterocycles. The number of rotatable bonds is 14. The second kappa shape index (κ2) is 14.5. The second-order valence-corrected chi connectivity index (χ2v) is 8.61. The summed E-state index contributed by atoms with van der Waals surface area (Å²) in [5, 5.41) is 16.9. The van der Waals surface area contributed by atoms with E-state index in [1.165, 1.54) is 11.8 Å². The van der Waals surface area contributed by atoms with Gasteiger partial charge in [0.05, 0.1) is 12.6 Å². The van der Waals surface area contributed by atoms with Crippen LogP contribution in [-0.2, 0) is 25.6 Å². The number of hydrogen-bond acceptors (Lipinski definition) is 6. The summed E-state index contributed by atoms with van der Waals surface area (Å²) in [7, 11) is 0. The zero-order valence-corrected chi connectivity index (χ0v) is 19.6. The lowest BCUT2D eigenvalue weighted by molar-refractivity contribution is -0.142. The molecule has 0 aliphatic heterocycles. The molecule has 1 aromatic rings. The Labute approximate surface area is 193 Å². The van der Waals surface area contributed by atoms with Gasteiger partial charge in [0, 0.05) is 0 Å². The lowest BCUT2D eigenvalue weighted by atomic mass is 9.97. The normalized spacial score (nSPS) is 14.5. The quantitative estimate of drug-likeness (QED) is 0.268. The number of aliphatic carboxylic acids is 1. The number of nitrogens with one attached hydrogen (secondary N) is 3. The van der Waals surface area contributed by atoms with E-state index < -0.39 is 41.8 Å². The van der Waals surface area contributed by atoms with E-state index in [9.17, 15) is 24.3 Å². The van der Waals surface area contributed by atoms with Crippen LogP contribution in [0.4, 0.5) is 0 Å². The standard InChI is InChI=1S/C22H34N4O5S/c1-4-14(2)19(21(29)25-17(22(30)31)10-11-32-3)26-18(27)13-24-20(28)16(23)12-15-8-6-5-7-9-15/h5-9,14,16-17,19H,4,10-13,23H2,1-3H3,(H,24,28)(H,25,29)(H,26,27)(H,30,31). The number of carbonyl (C=O) groups is 4. The zero-order chi connectivity index (χ0) is 24.1. The number of carboxylic acids is 1. The second-order valence-electron chi connectivity index (χ2n) is 7.63. The molecular formula is C22H34N4O5S. The third-order valence-corrected chi connectivity index (χ3v) is 5.74. The van der Waals surface area contributed by atoms with E-state index in [2.05, 4.69) is 16.0 Å². The summed E-state index contributed by atoms with van der Waals surface area (Å²) in [6.45, 7) is 3.32. The van der Waals surface area contributed by atoms with Crippen molar-refractivity contribution in [3.8, 4) is 0 Å². The highest BCUT2D eigenvalue weighted by Gasteiger charge is 2.29. The largest absolute Gasteiger partial charge is 0.480 e. The first kappa shape index (κ1) is 27.4. The summed E-state index contributed by atoms with van der Waals surface area (Å²) in [4.78, 5) is 48.7. The SMILES string of the molecule is CCC(C)C(NC(=O)CNC(=O)C(N)Cc1ccccc1)C(=O)NC(CCSC)C(=O)O. The Morgan fingerprint density at radius 2 is 1.75 bits per heavy atom. The molecule has 0 aliphatic carbocycles. The smallest absolute Gasteiger partial charge is 0.326 e. The molecule has 4 unspecified atom stereocenters. The van der Waals surface area contributed by atoms with Gasteiger partial charge in [-0.1, -0.05) is 50.6 Å². The first-order valence-corrected chi connectivity index (χ1v) is 12.0. The topological polar surface area (TPSA) is 151 Å². The molecule has 0 aromatic heterocycles. The predicted molar refractivity (Wildman–Crippen MR) is 125 cm³/mol. The monoisotopic (exact) mass is 466 g/mol. The molecule has 1 rings (SSSR count). The molecule has 0 fully saturated rings. The average molecular weight is 467 g/mol. The Morgan fingerprint density at radius 3 is 2.31 bits per heavy atom. The number of benzene rings is 1. The van der Waals surface area contributed by atoms with Crippen LogP contribution < -0.4 is 21.7 Å². The summed E-state index contributed by atoms with van der Waals surface area (Å²) in [5.74, 6) is -2.37. The van der Waals surface area contributed by atoms with E-state index >= 15 is 0 Å². The number of nitrogens with two attached hydrogens (primary N) is 1. The number of amides is 3. The summed E-state index contributed by atoms with van der Waals surface area (Å²) < 4.78 is 0. The van der Waals surface area contributed by atoms with Crippen molar-refractivity contribution >= 4 is 35.5 Å². The first-order valence-electron chi connectivity index (χ1n) is 10.6. The van der Waals surface area contributed by atoms with Crippen molar-refractivity contribution < 1.29 is 24.3 Å².